The summed E-state index contributed by atoms with van der Waals surface area (Å²) in [5.41, 5.74) is 2.13. The highest BCUT2D eigenvalue weighted by atomic mass is 19.1. The molecule has 2 heteroatoms. The van der Waals surface area contributed by atoms with Crippen molar-refractivity contribution in [2.75, 3.05) is 6.54 Å². The summed E-state index contributed by atoms with van der Waals surface area (Å²) in [6.07, 6.45) is 1.05. The molecule has 1 unspecified atom stereocenters. The molecule has 0 aromatic heterocycles. The Bertz CT molecular complexity index is 563. The Morgan fingerprint density at radius 1 is 1.05 bits per heavy atom. The lowest BCUT2D eigenvalue weighted by molar-refractivity contribution is 0.347. The first-order chi connectivity index (χ1) is 10.1. The van der Waals surface area contributed by atoms with Crippen molar-refractivity contribution >= 4 is 0 Å². The molecule has 0 saturated carbocycles. The largest absolute Gasteiger partial charge is 0.309 e. The molecule has 0 fully saturated rings. The van der Waals surface area contributed by atoms with Crippen molar-refractivity contribution in [1.82, 2.24) is 5.32 Å². The van der Waals surface area contributed by atoms with Crippen LogP contribution in [0.1, 0.15) is 44.4 Å². The molecule has 0 aliphatic heterocycles. The zero-order valence-electron chi connectivity index (χ0n) is 13.1. The molecule has 21 heavy (non-hydrogen) atoms. The molecule has 2 aromatic carbocycles. The molecular weight excluding hydrogens is 261 g/mol. The van der Waals surface area contributed by atoms with Crippen LogP contribution in [0.15, 0.2) is 54.6 Å². The molecule has 1 atom stereocenters. The van der Waals surface area contributed by atoms with E-state index in [2.05, 4.69) is 50.4 Å². The van der Waals surface area contributed by atoms with E-state index < -0.39 is 0 Å². The van der Waals surface area contributed by atoms with Crippen LogP contribution >= 0.6 is 0 Å². The van der Waals surface area contributed by atoms with Gasteiger partial charge in [-0.15, -0.1) is 0 Å². The maximum atomic E-state index is 13.6. The summed E-state index contributed by atoms with van der Waals surface area (Å²) in [5.74, 6) is -0.181. The molecule has 2 aromatic rings. The first-order valence-electron chi connectivity index (χ1n) is 7.60. The van der Waals surface area contributed by atoms with Gasteiger partial charge in [0.05, 0.1) is 0 Å². The molecule has 1 N–H and O–H groups in total. The fraction of sp³-hybridized carbons (Fsp3) is 0.368. The fourth-order valence-electron chi connectivity index (χ4n) is 2.80. The molecule has 0 bridgehead atoms. The van der Waals surface area contributed by atoms with Crippen LogP contribution in [0.4, 0.5) is 4.39 Å². The predicted molar refractivity (Wildman–Crippen MR) is 86.9 cm³/mol. The van der Waals surface area contributed by atoms with Gasteiger partial charge in [0.15, 0.2) is 0 Å². The molecule has 0 saturated heterocycles. The average molecular weight is 285 g/mol. The summed E-state index contributed by atoms with van der Waals surface area (Å²) < 4.78 is 13.6. The molecule has 0 heterocycles. The molecule has 0 spiro atoms. The van der Waals surface area contributed by atoms with Crippen molar-refractivity contribution in [3.05, 3.63) is 71.5 Å². The second-order valence-electron chi connectivity index (χ2n) is 6.03. The van der Waals surface area contributed by atoms with Gasteiger partial charge in [-0.05, 0) is 36.2 Å². The standard InChI is InChI=1S/C19H24FN/c1-4-13-21-18(15-9-8-12-17(20)14-15)19(2,3)16-10-6-5-7-11-16/h5-12,14,18,21H,4,13H2,1-3H3. The maximum absolute atomic E-state index is 13.6. The minimum absolute atomic E-state index is 0.0792. The van der Waals surface area contributed by atoms with E-state index in [9.17, 15) is 4.39 Å². The molecule has 112 valence electrons. The third kappa shape index (κ3) is 3.70. The fourth-order valence-corrected chi connectivity index (χ4v) is 2.80. The van der Waals surface area contributed by atoms with Gasteiger partial charge in [-0.1, -0.05) is 63.2 Å². The number of benzene rings is 2. The monoisotopic (exact) mass is 285 g/mol. The maximum Gasteiger partial charge on any atom is 0.123 e. The first kappa shape index (κ1) is 15.7. The summed E-state index contributed by atoms with van der Waals surface area (Å²) in [5, 5.41) is 3.59. The molecule has 0 aliphatic rings. The smallest absolute Gasteiger partial charge is 0.123 e. The van der Waals surface area contributed by atoms with Crippen LogP contribution in [-0.4, -0.2) is 6.54 Å². The molecular formula is C19H24FN. The van der Waals surface area contributed by atoms with Crippen molar-refractivity contribution in [3.63, 3.8) is 0 Å². The van der Waals surface area contributed by atoms with Crippen molar-refractivity contribution in [3.8, 4) is 0 Å². The second kappa shape index (κ2) is 6.86. The van der Waals surface area contributed by atoms with E-state index in [1.807, 2.05) is 12.1 Å². The zero-order chi connectivity index (χ0) is 15.3. The number of rotatable bonds is 6. The zero-order valence-corrected chi connectivity index (χ0v) is 13.1. The third-order valence-electron chi connectivity index (χ3n) is 4.02. The minimum Gasteiger partial charge on any atom is -0.309 e. The number of halogens is 1. The van der Waals surface area contributed by atoms with Gasteiger partial charge in [-0.3, -0.25) is 0 Å². The van der Waals surface area contributed by atoms with Gasteiger partial charge < -0.3 is 5.32 Å². The van der Waals surface area contributed by atoms with Gasteiger partial charge in [0.25, 0.3) is 0 Å². The summed E-state index contributed by atoms with van der Waals surface area (Å²) in [7, 11) is 0. The van der Waals surface area contributed by atoms with Gasteiger partial charge in [-0.2, -0.15) is 0 Å². The van der Waals surface area contributed by atoms with Crippen LogP contribution in [0.2, 0.25) is 0 Å². The van der Waals surface area contributed by atoms with Gasteiger partial charge in [0, 0.05) is 11.5 Å². The van der Waals surface area contributed by atoms with Crippen LogP contribution in [-0.2, 0) is 5.41 Å². The highest BCUT2D eigenvalue weighted by molar-refractivity contribution is 5.32. The van der Waals surface area contributed by atoms with Gasteiger partial charge >= 0.3 is 0 Å². The van der Waals surface area contributed by atoms with Crippen LogP contribution in [0.5, 0.6) is 0 Å². The Labute approximate surface area is 127 Å². The Morgan fingerprint density at radius 3 is 2.38 bits per heavy atom. The third-order valence-corrected chi connectivity index (χ3v) is 4.02. The Kier molecular flexibility index (Phi) is 5.13. The average Bonchev–Trinajstić information content (AvgIpc) is 2.48. The van der Waals surface area contributed by atoms with Crippen LogP contribution in [0.3, 0.4) is 0 Å². The highest BCUT2D eigenvalue weighted by Crippen LogP contribution is 2.37. The molecule has 0 aliphatic carbocycles. The van der Waals surface area contributed by atoms with E-state index in [1.165, 1.54) is 11.6 Å². The van der Waals surface area contributed by atoms with Crippen molar-refractivity contribution in [2.24, 2.45) is 0 Å². The molecule has 0 radical (unpaired) electrons. The number of hydrogen-bond acceptors (Lipinski definition) is 1. The van der Waals surface area contributed by atoms with Crippen molar-refractivity contribution < 1.29 is 4.39 Å². The quantitative estimate of drug-likeness (QED) is 0.800. The Balaban J connectivity index is 2.39. The van der Waals surface area contributed by atoms with Crippen molar-refractivity contribution in [1.29, 1.82) is 0 Å². The lowest BCUT2D eigenvalue weighted by atomic mass is 9.75. The molecule has 1 nitrogen and oxygen atoms in total. The van der Waals surface area contributed by atoms with E-state index in [-0.39, 0.29) is 17.3 Å². The molecule has 2 rings (SSSR count). The molecule has 0 amide bonds. The summed E-state index contributed by atoms with van der Waals surface area (Å²) in [4.78, 5) is 0. The Hall–Kier alpha value is -1.67. The van der Waals surface area contributed by atoms with E-state index in [4.69, 9.17) is 0 Å². The highest BCUT2D eigenvalue weighted by Gasteiger charge is 2.32. The van der Waals surface area contributed by atoms with E-state index in [0.717, 1.165) is 18.5 Å². The SMILES string of the molecule is CCCNC(c1cccc(F)c1)C(C)(C)c1ccccc1. The summed E-state index contributed by atoms with van der Waals surface area (Å²) in [6, 6.07) is 17.4. The number of nitrogens with one attached hydrogen (secondary N) is 1. The minimum atomic E-state index is -0.181. The van der Waals surface area contributed by atoms with E-state index in [0.29, 0.717) is 0 Å². The number of hydrogen-bond donors (Lipinski definition) is 1. The Morgan fingerprint density at radius 2 is 1.76 bits per heavy atom. The van der Waals surface area contributed by atoms with E-state index >= 15 is 0 Å². The summed E-state index contributed by atoms with van der Waals surface area (Å²) >= 11 is 0. The normalized spacial score (nSPS) is 13.1. The second-order valence-corrected chi connectivity index (χ2v) is 6.03. The summed E-state index contributed by atoms with van der Waals surface area (Å²) in [6.45, 7) is 7.48. The van der Waals surface area contributed by atoms with Gasteiger partial charge in [0.1, 0.15) is 5.82 Å². The van der Waals surface area contributed by atoms with Crippen molar-refractivity contribution in [2.45, 2.75) is 38.6 Å². The predicted octanol–water partition coefficient (Wildman–Crippen LogP) is 4.84. The van der Waals surface area contributed by atoms with Gasteiger partial charge in [-0.25, -0.2) is 4.39 Å². The van der Waals surface area contributed by atoms with Crippen LogP contribution in [0, 0.1) is 5.82 Å². The van der Waals surface area contributed by atoms with Gasteiger partial charge in [0.2, 0.25) is 0 Å². The van der Waals surface area contributed by atoms with E-state index in [1.54, 1.807) is 12.1 Å². The lowest BCUT2D eigenvalue weighted by Gasteiger charge is -2.36. The lowest BCUT2D eigenvalue weighted by Crippen LogP contribution is -2.37. The van der Waals surface area contributed by atoms with Crippen LogP contribution in [0.25, 0.3) is 0 Å². The van der Waals surface area contributed by atoms with Crippen LogP contribution < -0.4 is 5.32 Å². The first-order valence-corrected chi connectivity index (χ1v) is 7.60. The topological polar surface area (TPSA) is 12.0 Å².